The summed E-state index contributed by atoms with van der Waals surface area (Å²) in [7, 11) is 0. The lowest BCUT2D eigenvalue weighted by Crippen LogP contribution is -2.16. The molecule has 0 saturated carbocycles. The predicted octanol–water partition coefficient (Wildman–Crippen LogP) is 3.57. The Morgan fingerprint density at radius 1 is 1.40 bits per heavy atom. The number of nitrogens with two attached hydrogens (primary N) is 1. The van der Waals surface area contributed by atoms with Crippen molar-refractivity contribution in [3.63, 3.8) is 0 Å². The number of hydrogen-bond donors (Lipinski definition) is 2. The molecule has 0 amide bonds. The summed E-state index contributed by atoms with van der Waals surface area (Å²) in [5.41, 5.74) is 9.10. The Morgan fingerprint density at radius 2 is 2.13 bits per heavy atom. The fourth-order valence-corrected chi connectivity index (χ4v) is 1.72. The minimum atomic E-state index is 0.494. The van der Waals surface area contributed by atoms with E-state index in [1.54, 1.807) is 0 Å². The van der Waals surface area contributed by atoms with Gasteiger partial charge in [0.2, 0.25) is 0 Å². The van der Waals surface area contributed by atoms with Crippen molar-refractivity contribution in [1.29, 1.82) is 0 Å². The van der Waals surface area contributed by atoms with Crippen LogP contribution in [0, 0.1) is 6.92 Å². The molecule has 0 aliphatic carbocycles. The van der Waals surface area contributed by atoms with Crippen LogP contribution >= 0.6 is 0 Å². The fourth-order valence-electron chi connectivity index (χ4n) is 1.72. The third kappa shape index (κ3) is 3.46. The monoisotopic (exact) mass is 206 g/mol. The highest BCUT2D eigenvalue weighted by Crippen LogP contribution is 2.23. The average molecular weight is 206 g/mol. The third-order valence-electron chi connectivity index (χ3n) is 2.69. The van der Waals surface area contributed by atoms with E-state index in [0.29, 0.717) is 6.04 Å². The molecule has 0 aliphatic rings. The number of hydrogen-bond acceptors (Lipinski definition) is 2. The molecule has 0 saturated heterocycles. The van der Waals surface area contributed by atoms with E-state index in [2.05, 4.69) is 32.2 Å². The van der Waals surface area contributed by atoms with Gasteiger partial charge in [-0.15, -0.1) is 0 Å². The SMILES string of the molecule is CCCCC(C)Nc1c(C)cccc1N. The van der Waals surface area contributed by atoms with Gasteiger partial charge in [0.25, 0.3) is 0 Å². The zero-order valence-electron chi connectivity index (χ0n) is 10.0. The molecule has 0 bridgehead atoms. The fraction of sp³-hybridized carbons (Fsp3) is 0.538. The van der Waals surface area contributed by atoms with Crippen molar-refractivity contribution in [2.24, 2.45) is 0 Å². The zero-order chi connectivity index (χ0) is 11.3. The largest absolute Gasteiger partial charge is 0.397 e. The van der Waals surface area contributed by atoms with Crippen molar-refractivity contribution in [3.8, 4) is 0 Å². The van der Waals surface area contributed by atoms with Crippen LogP contribution in [0.15, 0.2) is 18.2 Å². The van der Waals surface area contributed by atoms with Crippen molar-refractivity contribution in [2.45, 2.75) is 46.1 Å². The number of anilines is 2. The minimum Gasteiger partial charge on any atom is -0.397 e. The maximum atomic E-state index is 5.94. The Morgan fingerprint density at radius 3 is 2.73 bits per heavy atom. The van der Waals surface area contributed by atoms with Gasteiger partial charge in [0.15, 0.2) is 0 Å². The van der Waals surface area contributed by atoms with Gasteiger partial charge in [-0.1, -0.05) is 31.9 Å². The summed E-state index contributed by atoms with van der Waals surface area (Å²) in [5, 5.41) is 3.49. The number of rotatable bonds is 5. The van der Waals surface area contributed by atoms with Crippen LogP contribution in [0.25, 0.3) is 0 Å². The van der Waals surface area contributed by atoms with E-state index in [9.17, 15) is 0 Å². The molecule has 0 aromatic heterocycles. The Hall–Kier alpha value is -1.18. The first-order chi connectivity index (χ1) is 7.15. The van der Waals surface area contributed by atoms with Crippen LogP contribution in [0.5, 0.6) is 0 Å². The van der Waals surface area contributed by atoms with Gasteiger partial charge in [0, 0.05) is 6.04 Å². The topological polar surface area (TPSA) is 38.0 Å². The highest BCUT2D eigenvalue weighted by Gasteiger charge is 2.06. The number of aryl methyl sites for hydroxylation is 1. The Balaban J connectivity index is 2.63. The molecule has 1 unspecified atom stereocenters. The third-order valence-corrected chi connectivity index (χ3v) is 2.69. The molecule has 1 aromatic carbocycles. The first kappa shape index (κ1) is 11.9. The van der Waals surface area contributed by atoms with Crippen molar-refractivity contribution in [3.05, 3.63) is 23.8 Å². The van der Waals surface area contributed by atoms with Crippen LogP contribution in [-0.2, 0) is 0 Å². The lowest BCUT2D eigenvalue weighted by molar-refractivity contribution is 0.645. The summed E-state index contributed by atoms with van der Waals surface area (Å²) < 4.78 is 0. The second-order valence-electron chi connectivity index (χ2n) is 4.23. The van der Waals surface area contributed by atoms with Crippen LogP contribution in [0.3, 0.4) is 0 Å². The van der Waals surface area contributed by atoms with E-state index < -0.39 is 0 Å². The molecule has 0 fully saturated rings. The molecule has 3 N–H and O–H groups in total. The van der Waals surface area contributed by atoms with Crippen molar-refractivity contribution in [2.75, 3.05) is 11.1 Å². The van der Waals surface area contributed by atoms with Gasteiger partial charge >= 0.3 is 0 Å². The maximum absolute atomic E-state index is 5.94. The molecule has 1 atom stereocenters. The van der Waals surface area contributed by atoms with Crippen molar-refractivity contribution >= 4 is 11.4 Å². The van der Waals surface area contributed by atoms with Gasteiger partial charge in [-0.25, -0.2) is 0 Å². The molecule has 15 heavy (non-hydrogen) atoms. The molecule has 1 aromatic rings. The van der Waals surface area contributed by atoms with Gasteiger partial charge in [-0.3, -0.25) is 0 Å². The average Bonchev–Trinajstić information content (AvgIpc) is 2.21. The minimum absolute atomic E-state index is 0.494. The Labute approximate surface area is 92.9 Å². The van der Waals surface area contributed by atoms with E-state index in [1.807, 2.05) is 12.1 Å². The van der Waals surface area contributed by atoms with Crippen molar-refractivity contribution in [1.82, 2.24) is 0 Å². The van der Waals surface area contributed by atoms with E-state index in [-0.39, 0.29) is 0 Å². The van der Waals surface area contributed by atoms with E-state index >= 15 is 0 Å². The number of unbranched alkanes of at least 4 members (excludes halogenated alkanes) is 1. The van der Waals surface area contributed by atoms with Gasteiger partial charge < -0.3 is 11.1 Å². The van der Waals surface area contributed by atoms with Crippen LogP contribution in [0.2, 0.25) is 0 Å². The second-order valence-corrected chi connectivity index (χ2v) is 4.23. The second kappa shape index (κ2) is 5.64. The normalized spacial score (nSPS) is 12.5. The summed E-state index contributed by atoms with van der Waals surface area (Å²) in [6.07, 6.45) is 3.71. The molecular formula is C13H22N2. The van der Waals surface area contributed by atoms with E-state index in [4.69, 9.17) is 5.73 Å². The van der Waals surface area contributed by atoms with E-state index in [1.165, 1.54) is 24.8 Å². The van der Waals surface area contributed by atoms with E-state index in [0.717, 1.165) is 11.4 Å². The van der Waals surface area contributed by atoms with Crippen LogP contribution in [0.1, 0.15) is 38.7 Å². The molecule has 0 spiro atoms. The van der Waals surface area contributed by atoms with Crippen LogP contribution in [0.4, 0.5) is 11.4 Å². The lowest BCUT2D eigenvalue weighted by atomic mass is 10.1. The first-order valence-electron chi connectivity index (χ1n) is 5.76. The molecule has 2 nitrogen and oxygen atoms in total. The first-order valence-corrected chi connectivity index (χ1v) is 5.76. The van der Waals surface area contributed by atoms with Crippen LogP contribution in [-0.4, -0.2) is 6.04 Å². The van der Waals surface area contributed by atoms with Gasteiger partial charge in [0.1, 0.15) is 0 Å². The number of para-hydroxylation sites is 1. The summed E-state index contributed by atoms with van der Waals surface area (Å²) in [6.45, 7) is 6.52. The number of nitrogens with one attached hydrogen (secondary N) is 1. The number of benzene rings is 1. The maximum Gasteiger partial charge on any atom is 0.0605 e. The van der Waals surface area contributed by atoms with Gasteiger partial charge in [0.05, 0.1) is 11.4 Å². The molecule has 0 radical (unpaired) electrons. The van der Waals surface area contributed by atoms with Crippen molar-refractivity contribution < 1.29 is 0 Å². The summed E-state index contributed by atoms with van der Waals surface area (Å²) in [4.78, 5) is 0. The summed E-state index contributed by atoms with van der Waals surface area (Å²) in [6, 6.07) is 6.52. The van der Waals surface area contributed by atoms with Crippen LogP contribution < -0.4 is 11.1 Å². The molecule has 84 valence electrons. The highest BCUT2D eigenvalue weighted by atomic mass is 14.9. The zero-order valence-corrected chi connectivity index (χ0v) is 10.0. The predicted molar refractivity (Wildman–Crippen MR) is 68.2 cm³/mol. The van der Waals surface area contributed by atoms with Gasteiger partial charge in [-0.2, -0.15) is 0 Å². The lowest BCUT2D eigenvalue weighted by Gasteiger charge is -2.18. The quantitative estimate of drug-likeness (QED) is 0.723. The molecule has 2 heteroatoms. The molecule has 0 aliphatic heterocycles. The Bertz CT molecular complexity index is 287. The molecule has 1 rings (SSSR count). The highest BCUT2D eigenvalue weighted by molar-refractivity contribution is 5.70. The smallest absolute Gasteiger partial charge is 0.0605 e. The van der Waals surface area contributed by atoms with Gasteiger partial charge in [-0.05, 0) is 31.9 Å². The summed E-state index contributed by atoms with van der Waals surface area (Å²) in [5.74, 6) is 0. The standard InChI is InChI=1S/C13H22N2/c1-4-5-8-11(3)15-13-10(2)7-6-9-12(13)14/h6-7,9,11,15H,4-5,8,14H2,1-3H3. The molecule has 0 heterocycles. The summed E-state index contributed by atoms with van der Waals surface area (Å²) >= 11 is 0. The molecular weight excluding hydrogens is 184 g/mol. The Kier molecular flexibility index (Phi) is 4.47. The number of nitrogen functional groups attached to an aromatic ring is 1.